The minimum Gasteiger partial charge on any atom is -0.496 e. The van der Waals surface area contributed by atoms with E-state index >= 15 is 0 Å². The maximum absolute atomic E-state index is 12.4. The van der Waals surface area contributed by atoms with Crippen LogP contribution in [0.3, 0.4) is 0 Å². The maximum Gasteiger partial charge on any atom is 0.224 e. The molecule has 0 aromatic heterocycles. The molecule has 4 nitrogen and oxygen atoms in total. The fourth-order valence-electron chi connectivity index (χ4n) is 3.66. The zero-order valence-electron chi connectivity index (χ0n) is 15.6. The van der Waals surface area contributed by atoms with E-state index in [-0.39, 0.29) is 11.9 Å². The Hall–Kier alpha value is -1.55. The summed E-state index contributed by atoms with van der Waals surface area (Å²) in [7, 11) is 1.74. The SMILES string of the molecule is CCC(CC(=O)N(CC)CC)NC1CCc2cccc(OC)c2C1. The van der Waals surface area contributed by atoms with Gasteiger partial charge in [-0.3, -0.25) is 4.79 Å². The second-order valence-electron chi connectivity index (χ2n) is 6.58. The van der Waals surface area contributed by atoms with Crippen LogP contribution in [0.25, 0.3) is 0 Å². The van der Waals surface area contributed by atoms with Gasteiger partial charge < -0.3 is 15.0 Å². The summed E-state index contributed by atoms with van der Waals surface area (Å²) in [5.41, 5.74) is 2.73. The van der Waals surface area contributed by atoms with Gasteiger partial charge in [0.2, 0.25) is 5.91 Å². The fraction of sp³-hybridized carbons (Fsp3) is 0.650. The van der Waals surface area contributed by atoms with Gasteiger partial charge in [0.25, 0.3) is 0 Å². The molecule has 0 fully saturated rings. The number of hydrogen-bond acceptors (Lipinski definition) is 3. The molecule has 0 aliphatic heterocycles. The lowest BCUT2D eigenvalue weighted by Crippen LogP contribution is -2.44. The number of methoxy groups -OCH3 is 1. The van der Waals surface area contributed by atoms with Crippen LogP contribution < -0.4 is 10.1 Å². The van der Waals surface area contributed by atoms with Crippen LogP contribution in [0.4, 0.5) is 0 Å². The van der Waals surface area contributed by atoms with Crippen LogP contribution in [0.15, 0.2) is 18.2 Å². The summed E-state index contributed by atoms with van der Waals surface area (Å²) in [6.45, 7) is 7.82. The van der Waals surface area contributed by atoms with Crippen molar-refractivity contribution < 1.29 is 9.53 Å². The highest BCUT2D eigenvalue weighted by molar-refractivity contribution is 5.76. The van der Waals surface area contributed by atoms with Crippen molar-refractivity contribution in [1.82, 2.24) is 10.2 Å². The number of nitrogens with one attached hydrogen (secondary N) is 1. The van der Waals surface area contributed by atoms with E-state index in [1.165, 1.54) is 11.1 Å². The predicted molar refractivity (Wildman–Crippen MR) is 98.6 cm³/mol. The summed E-state index contributed by atoms with van der Waals surface area (Å²) in [6, 6.07) is 6.99. The maximum atomic E-state index is 12.4. The van der Waals surface area contributed by atoms with Crippen molar-refractivity contribution in [2.45, 2.75) is 65.0 Å². The zero-order valence-corrected chi connectivity index (χ0v) is 15.6. The molecule has 1 aliphatic rings. The number of benzene rings is 1. The van der Waals surface area contributed by atoms with E-state index in [2.05, 4.69) is 24.4 Å². The number of fused-ring (bicyclic) bond motifs is 1. The van der Waals surface area contributed by atoms with Crippen LogP contribution in [-0.4, -0.2) is 43.1 Å². The van der Waals surface area contributed by atoms with Crippen molar-refractivity contribution in [3.8, 4) is 5.75 Å². The van der Waals surface area contributed by atoms with E-state index in [1.54, 1.807) is 7.11 Å². The van der Waals surface area contributed by atoms with E-state index in [4.69, 9.17) is 4.74 Å². The third kappa shape index (κ3) is 4.50. The van der Waals surface area contributed by atoms with Crippen molar-refractivity contribution in [2.75, 3.05) is 20.2 Å². The van der Waals surface area contributed by atoms with Crippen molar-refractivity contribution in [3.05, 3.63) is 29.3 Å². The van der Waals surface area contributed by atoms with E-state index in [0.29, 0.717) is 12.5 Å². The van der Waals surface area contributed by atoms with Gasteiger partial charge in [-0.05, 0) is 56.7 Å². The van der Waals surface area contributed by atoms with E-state index in [0.717, 1.165) is 44.5 Å². The van der Waals surface area contributed by atoms with Gasteiger partial charge in [-0.1, -0.05) is 19.1 Å². The fourth-order valence-corrected chi connectivity index (χ4v) is 3.66. The lowest BCUT2D eigenvalue weighted by molar-refractivity contribution is -0.131. The Morgan fingerprint density at radius 2 is 2.08 bits per heavy atom. The first-order chi connectivity index (χ1) is 11.6. The third-order valence-corrected chi connectivity index (χ3v) is 5.16. The van der Waals surface area contributed by atoms with Crippen LogP contribution >= 0.6 is 0 Å². The van der Waals surface area contributed by atoms with E-state index in [9.17, 15) is 4.79 Å². The van der Waals surface area contributed by atoms with Crippen molar-refractivity contribution in [3.63, 3.8) is 0 Å². The number of rotatable bonds is 8. The first kappa shape index (κ1) is 18.8. The molecule has 0 saturated heterocycles. The summed E-state index contributed by atoms with van der Waals surface area (Å²) in [6.07, 6.45) is 4.74. The van der Waals surface area contributed by atoms with Gasteiger partial charge in [-0.2, -0.15) is 0 Å². The minimum atomic E-state index is 0.249. The summed E-state index contributed by atoms with van der Waals surface area (Å²) >= 11 is 0. The first-order valence-electron chi connectivity index (χ1n) is 9.31. The van der Waals surface area contributed by atoms with Crippen molar-refractivity contribution in [2.24, 2.45) is 0 Å². The van der Waals surface area contributed by atoms with Gasteiger partial charge >= 0.3 is 0 Å². The van der Waals surface area contributed by atoms with Crippen LogP contribution in [0.5, 0.6) is 5.75 Å². The van der Waals surface area contributed by atoms with Gasteiger partial charge in [0.05, 0.1) is 7.11 Å². The first-order valence-corrected chi connectivity index (χ1v) is 9.31. The van der Waals surface area contributed by atoms with Crippen LogP contribution in [-0.2, 0) is 17.6 Å². The molecule has 2 atom stereocenters. The summed E-state index contributed by atoms with van der Waals surface area (Å²) in [4.78, 5) is 14.3. The van der Waals surface area contributed by atoms with Gasteiger partial charge in [0, 0.05) is 31.6 Å². The number of nitrogens with zero attached hydrogens (tertiary/aromatic N) is 1. The summed E-state index contributed by atoms with van der Waals surface area (Å²) in [5, 5.41) is 3.73. The molecule has 0 radical (unpaired) electrons. The Labute approximate surface area is 146 Å². The molecular weight excluding hydrogens is 300 g/mol. The molecule has 2 rings (SSSR count). The Morgan fingerprint density at radius 1 is 1.33 bits per heavy atom. The molecule has 4 heteroatoms. The molecular formula is C20H32N2O2. The van der Waals surface area contributed by atoms with Gasteiger partial charge in [-0.15, -0.1) is 0 Å². The summed E-state index contributed by atoms with van der Waals surface area (Å²) in [5.74, 6) is 1.25. The molecule has 134 valence electrons. The smallest absolute Gasteiger partial charge is 0.224 e. The monoisotopic (exact) mass is 332 g/mol. The Kier molecular flexibility index (Phi) is 7.10. The average molecular weight is 332 g/mol. The molecule has 1 amide bonds. The highest BCUT2D eigenvalue weighted by Crippen LogP contribution is 2.29. The molecule has 0 bridgehead atoms. The second-order valence-corrected chi connectivity index (χ2v) is 6.58. The number of aryl methyl sites for hydroxylation is 1. The minimum absolute atomic E-state index is 0.249. The van der Waals surface area contributed by atoms with Crippen LogP contribution in [0, 0.1) is 0 Å². The van der Waals surface area contributed by atoms with Crippen LogP contribution in [0.2, 0.25) is 0 Å². The average Bonchev–Trinajstić information content (AvgIpc) is 2.61. The van der Waals surface area contributed by atoms with Crippen molar-refractivity contribution >= 4 is 5.91 Å². The van der Waals surface area contributed by atoms with Crippen LogP contribution in [0.1, 0.15) is 51.2 Å². The molecule has 1 aliphatic carbocycles. The lowest BCUT2D eigenvalue weighted by Gasteiger charge is -2.31. The number of carbonyl (C=O) groups is 1. The highest BCUT2D eigenvalue weighted by atomic mass is 16.5. The van der Waals surface area contributed by atoms with Gasteiger partial charge in [0.1, 0.15) is 5.75 Å². The topological polar surface area (TPSA) is 41.6 Å². The second kappa shape index (κ2) is 9.07. The Balaban J connectivity index is 1.98. The Bertz CT molecular complexity index is 526. The quantitative estimate of drug-likeness (QED) is 0.795. The Morgan fingerprint density at radius 3 is 2.71 bits per heavy atom. The molecule has 0 spiro atoms. The number of carbonyl (C=O) groups excluding carboxylic acids is 1. The number of hydrogen-bond donors (Lipinski definition) is 1. The molecule has 1 aromatic carbocycles. The van der Waals surface area contributed by atoms with Gasteiger partial charge in [-0.25, -0.2) is 0 Å². The third-order valence-electron chi connectivity index (χ3n) is 5.16. The summed E-state index contributed by atoms with van der Waals surface area (Å²) < 4.78 is 5.53. The highest BCUT2D eigenvalue weighted by Gasteiger charge is 2.24. The normalized spacial score (nSPS) is 17.9. The largest absolute Gasteiger partial charge is 0.496 e. The van der Waals surface area contributed by atoms with E-state index < -0.39 is 0 Å². The molecule has 1 aromatic rings. The number of ether oxygens (including phenoxy) is 1. The molecule has 0 saturated carbocycles. The zero-order chi connectivity index (χ0) is 17.5. The standard InChI is InChI=1S/C20H32N2O2/c1-5-16(14-20(23)22(6-2)7-3)21-17-12-11-15-9-8-10-19(24-4)18(15)13-17/h8-10,16-17,21H,5-7,11-14H2,1-4H3. The molecule has 2 unspecified atom stereocenters. The molecule has 0 heterocycles. The number of amides is 1. The van der Waals surface area contributed by atoms with Gasteiger partial charge in [0.15, 0.2) is 0 Å². The molecule has 1 N–H and O–H groups in total. The van der Waals surface area contributed by atoms with Crippen molar-refractivity contribution in [1.29, 1.82) is 0 Å². The predicted octanol–water partition coefficient (Wildman–Crippen LogP) is 3.18. The lowest BCUT2D eigenvalue weighted by atomic mass is 9.87. The molecule has 24 heavy (non-hydrogen) atoms. The van der Waals surface area contributed by atoms with E-state index in [1.807, 2.05) is 24.8 Å².